The van der Waals surface area contributed by atoms with Crippen LogP contribution >= 0.6 is 0 Å². The quantitative estimate of drug-likeness (QED) is 0.779. The van der Waals surface area contributed by atoms with Crippen LogP contribution in [0.25, 0.3) is 0 Å². The van der Waals surface area contributed by atoms with Crippen LogP contribution in [0, 0.1) is 5.92 Å². The molecule has 0 saturated carbocycles. The summed E-state index contributed by atoms with van der Waals surface area (Å²) in [7, 11) is 0. The molecular formula is C21H24N2O5. The molecule has 148 valence electrons. The summed E-state index contributed by atoms with van der Waals surface area (Å²) in [5.41, 5.74) is 0.626. The molecule has 1 saturated heterocycles. The highest BCUT2D eigenvalue weighted by molar-refractivity contribution is 5.89. The van der Waals surface area contributed by atoms with E-state index in [-0.39, 0.29) is 12.6 Å². The van der Waals surface area contributed by atoms with E-state index in [2.05, 4.69) is 5.32 Å². The smallest absolute Gasteiger partial charge is 0.321 e. The number of hydrogen-bond donors (Lipinski definition) is 2. The molecule has 7 heteroatoms. The molecule has 2 aromatic carbocycles. The Morgan fingerprint density at radius 2 is 1.68 bits per heavy atom. The van der Waals surface area contributed by atoms with Crippen molar-refractivity contribution in [3.63, 3.8) is 0 Å². The second kappa shape index (κ2) is 9.12. The minimum Gasteiger partial charge on any atom is -0.494 e. The molecule has 1 aliphatic rings. The van der Waals surface area contributed by atoms with Crippen LogP contribution in [0.1, 0.15) is 19.8 Å². The van der Waals surface area contributed by atoms with E-state index in [0.717, 1.165) is 5.75 Å². The van der Waals surface area contributed by atoms with Gasteiger partial charge in [-0.2, -0.15) is 0 Å². The van der Waals surface area contributed by atoms with Gasteiger partial charge in [-0.1, -0.05) is 0 Å². The molecule has 1 aliphatic heterocycles. The Morgan fingerprint density at radius 1 is 1.07 bits per heavy atom. The number of carbonyl (C=O) groups excluding carboxylic acids is 1. The van der Waals surface area contributed by atoms with Crippen LogP contribution in [0.15, 0.2) is 48.5 Å². The molecule has 0 aromatic heterocycles. The van der Waals surface area contributed by atoms with Gasteiger partial charge < -0.3 is 24.8 Å². The van der Waals surface area contributed by atoms with Gasteiger partial charge in [-0.25, -0.2) is 4.79 Å². The predicted octanol–water partition coefficient (Wildman–Crippen LogP) is 4.21. The van der Waals surface area contributed by atoms with E-state index in [1.807, 2.05) is 31.2 Å². The number of benzene rings is 2. The van der Waals surface area contributed by atoms with Crippen molar-refractivity contribution in [2.24, 2.45) is 5.92 Å². The summed E-state index contributed by atoms with van der Waals surface area (Å²) in [6, 6.07) is 14.1. The van der Waals surface area contributed by atoms with Crippen molar-refractivity contribution in [1.82, 2.24) is 4.90 Å². The fraction of sp³-hybridized carbons (Fsp3) is 0.333. The summed E-state index contributed by atoms with van der Waals surface area (Å²) in [4.78, 5) is 25.1. The number of urea groups is 1. The Morgan fingerprint density at radius 3 is 2.29 bits per heavy atom. The number of amides is 2. The van der Waals surface area contributed by atoms with Gasteiger partial charge in [-0.15, -0.1) is 0 Å². The average Bonchev–Trinajstić information content (AvgIpc) is 2.71. The third-order valence-corrected chi connectivity index (χ3v) is 4.53. The number of carbonyl (C=O) groups is 2. The van der Waals surface area contributed by atoms with Gasteiger partial charge in [0.2, 0.25) is 0 Å². The Hall–Kier alpha value is -3.22. The van der Waals surface area contributed by atoms with E-state index < -0.39 is 11.9 Å². The number of piperidine rings is 1. The van der Waals surface area contributed by atoms with Gasteiger partial charge in [0.15, 0.2) is 0 Å². The van der Waals surface area contributed by atoms with E-state index in [0.29, 0.717) is 43.2 Å². The van der Waals surface area contributed by atoms with Crippen molar-refractivity contribution in [1.29, 1.82) is 0 Å². The molecule has 1 fully saturated rings. The van der Waals surface area contributed by atoms with E-state index in [1.54, 1.807) is 29.2 Å². The molecule has 3 rings (SSSR count). The molecule has 1 atom stereocenters. The summed E-state index contributed by atoms with van der Waals surface area (Å²) in [5.74, 6) is 0.771. The number of hydrogen-bond acceptors (Lipinski definition) is 4. The maximum atomic E-state index is 12.4. The number of nitrogens with zero attached hydrogens (tertiary/aromatic N) is 1. The Bertz CT molecular complexity index is 805. The van der Waals surface area contributed by atoms with Crippen LogP contribution in [0.4, 0.5) is 10.5 Å². The van der Waals surface area contributed by atoms with Crippen molar-refractivity contribution < 1.29 is 24.2 Å². The maximum absolute atomic E-state index is 12.4. The Balaban J connectivity index is 1.55. The summed E-state index contributed by atoms with van der Waals surface area (Å²) >= 11 is 0. The van der Waals surface area contributed by atoms with Gasteiger partial charge in [-0.3, -0.25) is 4.79 Å². The predicted molar refractivity (Wildman–Crippen MR) is 105 cm³/mol. The van der Waals surface area contributed by atoms with Crippen molar-refractivity contribution in [2.45, 2.75) is 19.8 Å². The van der Waals surface area contributed by atoms with Crippen molar-refractivity contribution >= 4 is 17.7 Å². The molecule has 2 aromatic rings. The molecular weight excluding hydrogens is 360 g/mol. The lowest BCUT2D eigenvalue weighted by Crippen LogP contribution is -2.44. The van der Waals surface area contributed by atoms with Crippen LogP contribution in [0.3, 0.4) is 0 Å². The lowest BCUT2D eigenvalue weighted by atomic mass is 9.99. The van der Waals surface area contributed by atoms with Crippen LogP contribution in [0.5, 0.6) is 17.2 Å². The monoisotopic (exact) mass is 384 g/mol. The summed E-state index contributed by atoms with van der Waals surface area (Å²) < 4.78 is 11.2. The number of aliphatic carboxylic acids is 1. The average molecular weight is 384 g/mol. The molecule has 0 bridgehead atoms. The first kappa shape index (κ1) is 19.5. The Labute approximate surface area is 163 Å². The topological polar surface area (TPSA) is 88.1 Å². The van der Waals surface area contributed by atoms with Crippen LogP contribution in [-0.4, -0.2) is 41.7 Å². The minimum atomic E-state index is -0.853. The first-order valence-corrected chi connectivity index (χ1v) is 9.34. The lowest BCUT2D eigenvalue weighted by molar-refractivity contribution is -0.143. The van der Waals surface area contributed by atoms with Gasteiger partial charge in [-0.05, 0) is 68.3 Å². The lowest BCUT2D eigenvalue weighted by Gasteiger charge is -2.30. The minimum absolute atomic E-state index is 0.236. The SMILES string of the molecule is CCOc1ccc(Oc2ccc(NC(=O)N3CCCC(C(=O)O)C3)cc2)cc1. The summed E-state index contributed by atoms with van der Waals surface area (Å²) in [6.45, 7) is 3.34. The van der Waals surface area contributed by atoms with E-state index in [1.165, 1.54) is 0 Å². The van der Waals surface area contributed by atoms with Gasteiger partial charge in [0.25, 0.3) is 0 Å². The van der Waals surface area contributed by atoms with Crippen LogP contribution in [0.2, 0.25) is 0 Å². The number of likely N-dealkylation sites (tertiary alicyclic amines) is 1. The molecule has 0 aliphatic carbocycles. The van der Waals surface area contributed by atoms with Gasteiger partial charge in [0, 0.05) is 18.8 Å². The molecule has 0 radical (unpaired) electrons. The van der Waals surface area contributed by atoms with Gasteiger partial charge in [0.1, 0.15) is 17.2 Å². The second-order valence-electron chi connectivity index (χ2n) is 6.58. The summed E-state index contributed by atoms with van der Waals surface area (Å²) in [5, 5.41) is 11.9. The first-order valence-electron chi connectivity index (χ1n) is 9.34. The molecule has 1 heterocycles. The largest absolute Gasteiger partial charge is 0.494 e. The third-order valence-electron chi connectivity index (χ3n) is 4.53. The zero-order valence-electron chi connectivity index (χ0n) is 15.8. The van der Waals surface area contributed by atoms with Crippen molar-refractivity contribution in [3.05, 3.63) is 48.5 Å². The number of carboxylic acid groups (broad SMARTS) is 1. The standard InChI is InChI=1S/C21H24N2O5/c1-2-27-17-9-11-19(12-10-17)28-18-7-5-16(6-8-18)22-21(26)23-13-3-4-15(14-23)20(24)25/h5-12,15H,2-4,13-14H2,1H3,(H,22,26)(H,24,25). The zero-order valence-corrected chi connectivity index (χ0v) is 15.8. The van der Waals surface area contributed by atoms with Crippen molar-refractivity contribution in [2.75, 3.05) is 25.0 Å². The molecule has 2 N–H and O–H groups in total. The fourth-order valence-electron chi connectivity index (χ4n) is 3.08. The highest BCUT2D eigenvalue weighted by atomic mass is 16.5. The summed E-state index contributed by atoms with van der Waals surface area (Å²) in [6.07, 6.45) is 1.30. The second-order valence-corrected chi connectivity index (χ2v) is 6.58. The third kappa shape index (κ3) is 5.16. The highest BCUT2D eigenvalue weighted by Crippen LogP contribution is 2.25. The van der Waals surface area contributed by atoms with Gasteiger partial charge >= 0.3 is 12.0 Å². The Kier molecular flexibility index (Phi) is 6.37. The number of rotatable bonds is 6. The van der Waals surface area contributed by atoms with E-state index in [9.17, 15) is 9.59 Å². The number of carboxylic acids is 1. The molecule has 1 unspecified atom stereocenters. The number of anilines is 1. The van der Waals surface area contributed by atoms with Crippen LogP contribution in [-0.2, 0) is 4.79 Å². The highest BCUT2D eigenvalue weighted by Gasteiger charge is 2.28. The van der Waals surface area contributed by atoms with E-state index in [4.69, 9.17) is 14.6 Å². The van der Waals surface area contributed by atoms with Crippen LogP contribution < -0.4 is 14.8 Å². The fourth-order valence-corrected chi connectivity index (χ4v) is 3.08. The zero-order chi connectivity index (χ0) is 19.9. The number of nitrogens with one attached hydrogen (secondary N) is 1. The molecule has 0 spiro atoms. The normalized spacial score (nSPS) is 16.3. The maximum Gasteiger partial charge on any atom is 0.321 e. The number of ether oxygens (including phenoxy) is 2. The van der Waals surface area contributed by atoms with Gasteiger partial charge in [0.05, 0.1) is 12.5 Å². The first-order chi connectivity index (χ1) is 13.5. The molecule has 28 heavy (non-hydrogen) atoms. The van der Waals surface area contributed by atoms with E-state index >= 15 is 0 Å². The molecule has 2 amide bonds. The van der Waals surface area contributed by atoms with Crippen molar-refractivity contribution in [3.8, 4) is 17.2 Å². The molecule has 7 nitrogen and oxygen atoms in total.